The van der Waals surface area contributed by atoms with Crippen LogP contribution in [0.4, 0.5) is 10.6 Å². The SMILES string of the molecule is COC(=O)C(Cc1ccc(NC(=O)OC(C)(C)C)nc1)c1cn(CC(=O)N2CCCC2)cn1. The van der Waals surface area contributed by atoms with Crippen LogP contribution in [0.15, 0.2) is 30.9 Å². The van der Waals surface area contributed by atoms with Crippen molar-refractivity contribution in [1.29, 1.82) is 0 Å². The lowest BCUT2D eigenvalue weighted by Gasteiger charge is -2.19. The molecule has 0 aliphatic carbocycles. The Labute approximate surface area is 193 Å². The van der Waals surface area contributed by atoms with Gasteiger partial charge in [-0.1, -0.05) is 6.07 Å². The Morgan fingerprint density at radius 2 is 1.88 bits per heavy atom. The lowest BCUT2D eigenvalue weighted by molar-refractivity contribution is -0.142. The van der Waals surface area contributed by atoms with Gasteiger partial charge >= 0.3 is 12.1 Å². The maximum atomic E-state index is 12.5. The molecule has 178 valence electrons. The minimum atomic E-state index is -0.649. The number of carbonyl (C=O) groups excluding carboxylic acids is 3. The normalized spacial score (nSPS) is 14.6. The van der Waals surface area contributed by atoms with E-state index < -0.39 is 23.6 Å². The average Bonchev–Trinajstić information content (AvgIpc) is 3.43. The van der Waals surface area contributed by atoms with Crippen molar-refractivity contribution < 1.29 is 23.9 Å². The first kappa shape index (κ1) is 24.2. The van der Waals surface area contributed by atoms with Gasteiger partial charge < -0.3 is 18.9 Å². The van der Waals surface area contributed by atoms with E-state index in [2.05, 4.69) is 15.3 Å². The molecule has 1 unspecified atom stereocenters. The van der Waals surface area contributed by atoms with E-state index in [9.17, 15) is 14.4 Å². The van der Waals surface area contributed by atoms with E-state index in [1.54, 1.807) is 56.2 Å². The van der Waals surface area contributed by atoms with Crippen LogP contribution in [0.5, 0.6) is 0 Å². The molecule has 10 nitrogen and oxygen atoms in total. The Hall–Kier alpha value is -3.43. The summed E-state index contributed by atoms with van der Waals surface area (Å²) in [5, 5.41) is 2.57. The van der Waals surface area contributed by atoms with Crippen molar-refractivity contribution >= 4 is 23.8 Å². The number of hydrogen-bond acceptors (Lipinski definition) is 7. The van der Waals surface area contributed by atoms with Crippen LogP contribution in [0.2, 0.25) is 0 Å². The number of rotatable bonds is 7. The Morgan fingerprint density at radius 1 is 1.15 bits per heavy atom. The summed E-state index contributed by atoms with van der Waals surface area (Å²) in [6, 6.07) is 3.41. The molecule has 1 atom stereocenters. The van der Waals surface area contributed by atoms with Gasteiger partial charge in [0.1, 0.15) is 23.9 Å². The molecular formula is C23H31N5O5. The molecule has 3 heterocycles. The number of pyridine rings is 1. The third kappa shape index (κ3) is 7.03. The molecule has 0 radical (unpaired) electrons. The van der Waals surface area contributed by atoms with E-state index in [1.807, 2.05) is 4.90 Å². The molecule has 10 heteroatoms. The number of esters is 1. The number of methoxy groups -OCH3 is 1. The fourth-order valence-electron chi connectivity index (χ4n) is 3.58. The zero-order valence-electron chi connectivity index (χ0n) is 19.5. The molecule has 1 saturated heterocycles. The van der Waals surface area contributed by atoms with Crippen LogP contribution < -0.4 is 5.32 Å². The van der Waals surface area contributed by atoms with Crippen molar-refractivity contribution in [3.05, 3.63) is 42.1 Å². The second-order valence-electron chi connectivity index (χ2n) is 9.02. The molecule has 2 amide bonds. The number of anilines is 1. The standard InChI is InChI=1S/C23H31N5O5/c1-23(2,3)33-22(31)26-19-8-7-16(12-24-19)11-17(21(30)32-4)18-13-27(15-25-18)14-20(29)28-9-5-6-10-28/h7-8,12-13,15,17H,5-6,9-11,14H2,1-4H3,(H,24,26,31). The number of hydrogen-bond donors (Lipinski definition) is 1. The van der Waals surface area contributed by atoms with Gasteiger partial charge in [-0.25, -0.2) is 14.8 Å². The number of aromatic nitrogens is 3. The minimum absolute atomic E-state index is 0.0448. The minimum Gasteiger partial charge on any atom is -0.468 e. The van der Waals surface area contributed by atoms with Crippen molar-refractivity contribution in [2.24, 2.45) is 0 Å². The van der Waals surface area contributed by atoms with Gasteiger partial charge in [0.15, 0.2) is 0 Å². The topological polar surface area (TPSA) is 116 Å². The van der Waals surface area contributed by atoms with Crippen molar-refractivity contribution in [3.8, 4) is 0 Å². The van der Waals surface area contributed by atoms with Gasteiger partial charge in [-0.2, -0.15) is 0 Å². The highest BCUT2D eigenvalue weighted by molar-refractivity contribution is 5.83. The van der Waals surface area contributed by atoms with Crippen LogP contribution in [-0.2, 0) is 32.0 Å². The maximum absolute atomic E-state index is 12.5. The van der Waals surface area contributed by atoms with E-state index >= 15 is 0 Å². The summed E-state index contributed by atoms with van der Waals surface area (Å²) in [4.78, 5) is 47.2. The first-order chi connectivity index (χ1) is 15.6. The molecule has 0 saturated carbocycles. The van der Waals surface area contributed by atoms with Crippen LogP contribution in [0.1, 0.15) is 50.8 Å². The van der Waals surface area contributed by atoms with Crippen molar-refractivity contribution in [1.82, 2.24) is 19.4 Å². The monoisotopic (exact) mass is 457 g/mol. The fourth-order valence-corrected chi connectivity index (χ4v) is 3.58. The average molecular weight is 458 g/mol. The van der Waals surface area contributed by atoms with Crippen LogP contribution in [0.25, 0.3) is 0 Å². The molecule has 1 N–H and O–H groups in total. The van der Waals surface area contributed by atoms with Crippen molar-refractivity contribution in [2.75, 3.05) is 25.5 Å². The van der Waals surface area contributed by atoms with Crippen molar-refractivity contribution in [2.45, 2.75) is 58.1 Å². The summed E-state index contributed by atoms with van der Waals surface area (Å²) in [6.45, 7) is 7.10. The highest BCUT2D eigenvalue weighted by atomic mass is 16.6. The Kier molecular flexibility index (Phi) is 7.67. The van der Waals surface area contributed by atoms with Crippen LogP contribution in [0, 0.1) is 0 Å². The van der Waals surface area contributed by atoms with E-state index in [4.69, 9.17) is 9.47 Å². The molecular weight excluding hydrogens is 426 g/mol. The lowest BCUT2D eigenvalue weighted by Crippen LogP contribution is -2.30. The number of imidazole rings is 1. The number of carbonyl (C=O) groups is 3. The predicted molar refractivity (Wildman–Crippen MR) is 121 cm³/mol. The molecule has 2 aromatic rings. The second kappa shape index (κ2) is 10.5. The third-order valence-corrected chi connectivity index (χ3v) is 5.17. The summed E-state index contributed by atoms with van der Waals surface area (Å²) in [7, 11) is 1.33. The lowest BCUT2D eigenvalue weighted by atomic mass is 9.97. The summed E-state index contributed by atoms with van der Waals surface area (Å²) < 4.78 is 11.9. The first-order valence-corrected chi connectivity index (χ1v) is 11.0. The molecule has 0 spiro atoms. The first-order valence-electron chi connectivity index (χ1n) is 11.0. The highest BCUT2D eigenvalue weighted by Gasteiger charge is 2.26. The molecule has 1 aliphatic rings. The van der Waals surface area contributed by atoms with Crippen molar-refractivity contribution in [3.63, 3.8) is 0 Å². The zero-order valence-corrected chi connectivity index (χ0v) is 19.5. The van der Waals surface area contributed by atoms with Crippen LogP contribution >= 0.6 is 0 Å². The van der Waals surface area contributed by atoms with Gasteiger partial charge in [-0.05, 0) is 51.7 Å². The van der Waals surface area contributed by atoms with Crippen LogP contribution in [-0.4, -0.2) is 63.2 Å². The number of nitrogens with zero attached hydrogens (tertiary/aromatic N) is 4. The number of amides is 2. The molecule has 0 bridgehead atoms. The largest absolute Gasteiger partial charge is 0.468 e. The Balaban J connectivity index is 1.65. The van der Waals surface area contributed by atoms with Gasteiger partial charge in [-0.15, -0.1) is 0 Å². The quantitative estimate of drug-likeness (QED) is 0.636. The molecule has 1 fully saturated rings. The third-order valence-electron chi connectivity index (χ3n) is 5.17. The van der Waals surface area contributed by atoms with Crippen LogP contribution in [0.3, 0.4) is 0 Å². The maximum Gasteiger partial charge on any atom is 0.413 e. The molecule has 0 aromatic carbocycles. The highest BCUT2D eigenvalue weighted by Crippen LogP contribution is 2.22. The van der Waals surface area contributed by atoms with E-state index in [0.717, 1.165) is 31.5 Å². The van der Waals surface area contributed by atoms with Gasteiger partial charge in [0.25, 0.3) is 0 Å². The number of likely N-dealkylation sites (tertiary alicyclic amines) is 1. The van der Waals surface area contributed by atoms with E-state index in [0.29, 0.717) is 17.9 Å². The summed E-state index contributed by atoms with van der Waals surface area (Å²) in [5.74, 6) is -0.692. The van der Waals surface area contributed by atoms with Gasteiger partial charge in [0, 0.05) is 25.5 Å². The summed E-state index contributed by atoms with van der Waals surface area (Å²) in [5.41, 5.74) is 0.676. The Bertz CT molecular complexity index is 974. The molecule has 2 aromatic heterocycles. The van der Waals surface area contributed by atoms with E-state index in [1.165, 1.54) is 7.11 Å². The summed E-state index contributed by atoms with van der Waals surface area (Å²) >= 11 is 0. The van der Waals surface area contributed by atoms with Gasteiger partial charge in [-0.3, -0.25) is 14.9 Å². The van der Waals surface area contributed by atoms with Gasteiger partial charge in [0.05, 0.1) is 19.1 Å². The van der Waals surface area contributed by atoms with Gasteiger partial charge in [0.2, 0.25) is 5.91 Å². The molecule has 3 rings (SSSR count). The smallest absolute Gasteiger partial charge is 0.413 e. The number of nitrogens with one attached hydrogen (secondary N) is 1. The number of ether oxygens (including phenoxy) is 2. The molecule has 1 aliphatic heterocycles. The van der Waals surface area contributed by atoms with E-state index in [-0.39, 0.29) is 12.5 Å². The molecule has 33 heavy (non-hydrogen) atoms. The summed E-state index contributed by atoms with van der Waals surface area (Å²) in [6.07, 6.45) is 6.63. The zero-order chi connectivity index (χ0) is 24.0. The Morgan fingerprint density at radius 3 is 2.48 bits per heavy atom. The second-order valence-corrected chi connectivity index (χ2v) is 9.02. The fraction of sp³-hybridized carbons (Fsp3) is 0.522. The predicted octanol–water partition coefficient (Wildman–Crippen LogP) is 2.75.